The van der Waals surface area contributed by atoms with Crippen LogP contribution in [0.3, 0.4) is 0 Å². The van der Waals surface area contributed by atoms with Crippen molar-refractivity contribution in [3.63, 3.8) is 0 Å². The van der Waals surface area contributed by atoms with Crippen molar-refractivity contribution in [3.05, 3.63) is 93.8 Å². The first-order valence-electron chi connectivity index (χ1n) is 14.2. The van der Waals surface area contributed by atoms with Crippen LogP contribution in [-0.4, -0.2) is 51.6 Å². The number of carbonyl (C=O) groups is 1. The van der Waals surface area contributed by atoms with Crippen molar-refractivity contribution >= 4 is 17.9 Å². The molecule has 1 aliphatic carbocycles. The van der Waals surface area contributed by atoms with E-state index in [9.17, 15) is 15.0 Å². The molecule has 0 spiro atoms. The van der Waals surface area contributed by atoms with Crippen LogP contribution in [0.25, 0.3) is 0 Å². The highest BCUT2D eigenvalue weighted by Crippen LogP contribution is 2.43. The first-order chi connectivity index (χ1) is 19.7. The molecule has 4 rings (SSSR count). The second-order valence-corrected chi connectivity index (χ2v) is 11.0. The molecule has 1 aromatic heterocycles. The molecule has 0 aliphatic heterocycles. The van der Waals surface area contributed by atoms with Gasteiger partial charge in [0.2, 0.25) is 0 Å². The topological polar surface area (TPSA) is 95.8 Å². The van der Waals surface area contributed by atoms with E-state index in [1.54, 1.807) is 30.4 Å². The summed E-state index contributed by atoms with van der Waals surface area (Å²) in [4.78, 5) is 22.4. The average Bonchev–Trinajstić information content (AvgIpc) is 2.99. The SMILES string of the molecule is CCC(O)(c1cc(F)c([C@@H](OCCO)N(C)Cc2ncc(C)cn2)c(C=O)c1)C1CCCCC1.Clc1ccccc1. The maximum atomic E-state index is 15.7. The van der Waals surface area contributed by atoms with Crippen molar-refractivity contribution in [1.29, 1.82) is 0 Å². The van der Waals surface area contributed by atoms with E-state index in [0.717, 1.165) is 42.7 Å². The Bertz CT molecular complexity index is 1230. The lowest BCUT2D eigenvalue weighted by Gasteiger charge is -2.39. The number of aliphatic hydroxyl groups is 2. The minimum Gasteiger partial charge on any atom is -0.394 e. The van der Waals surface area contributed by atoms with Crippen LogP contribution < -0.4 is 0 Å². The normalized spacial score (nSPS) is 16.0. The third kappa shape index (κ3) is 8.87. The van der Waals surface area contributed by atoms with Crippen LogP contribution in [0, 0.1) is 18.7 Å². The zero-order chi connectivity index (χ0) is 29.8. The number of aromatic nitrogens is 2. The van der Waals surface area contributed by atoms with Gasteiger partial charge in [0.15, 0.2) is 6.29 Å². The Kier molecular flexibility index (Phi) is 12.8. The predicted molar refractivity (Wildman–Crippen MR) is 158 cm³/mol. The highest BCUT2D eigenvalue weighted by Gasteiger charge is 2.39. The van der Waals surface area contributed by atoms with Crippen LogP contribution >= 0.6 is 11.6 Å². The minimum absolute atomic E-state index is 0.0267. The number of rotatable bonds is 11. The maximum Gasteiger partial charge on any atom is 0.150 e. The number of halogens is 2. The quantitative estimate of drug-likeness (QED) is 0.199. The van der Waals surface area contributed by atoms with E-state index in [2.05, 4.69) is 9.97 Å². The van der Waals surface area contributed by atoms with Crippen molar-refractivity contribution < 1.29 is 24.1 Å². The molecular formula is C32H41ClFN3O4. The molecule has 1 fully saturated rings. The van der Waals surface area contributed by atoms with Gasteiger partial charge in [0, 0.05) is 28.5 Å². The van der Waals surface area contributed by atoms with E-state index in [4.69, 9.17) is 16.3 Å². The Balaban J connectivity index is 0.000000575. The Morgan fingerprint density at radius 1 is 1.17 bits per heavy atom. The van der Waals surface area contributed by atoms with Crippen molar-refractivity contribution in [1.82, 2.24) is 14.9 Å². The van der Waals surface area contributed by atoms with Gasteiger partial charge in [0.05, 0.1) is 25.4 Å². The van der Waals surface area contributed by atoms with Crippen molar-refractivity contribution in [3.8, 4) is 0 Å². The van der Waals surface area contributed by atoms with Crippen LogP contribution in [0.5, 0.6) is 0 Å². The fourth-order valence-corrected chi connectivity index (χ4v) is 5.52. The molecule has 222 valence electrons. The lowest BCUT2D eigenvalue weighted by Crippen LogP contribution is -2.36. The largest absolute Gasteiger partial charge is 0.394 e. The summed E-state index contributed by atoms with van der Waals surface area (Å²) >= 11 is 5.54. The zero-order valence-corrected chi connectivity index (χ0v) is 24.9. The summed E-state index contributed by atoms with van der Waals surface area (Å²) in [6, 6.07) is 12.4. The molecule has 2 aromatic carbocycles. The fourth-order valence-electron chi connectivity index (χ4n) is 5.37. The molecular weight excluding hydrogens is 545 g/mol. The summed E-state index contributed by atoms with van der Waals surface area (Å²) in [6.45, 7) is 3.74. The number of nitrogens with zero attached hydrogens (tertiary/aromatic N) is 3. The Labute approximate surface area is 247 Å². The second kappa shape index (κ2) is 16.0. The molecule has 9 heteroatoms. The smallest absolute Gasteiger partial charge is 0.150 e. The van der Waals surface area contributed by atoms with Crippen molar-refractivity contribution in [2.75, 3.05) is 20.3 Å². The van der Waals surface area contributed by atoms with E-state index in [1.165, 1.54) is 6.07 Å². The van der Waals surface area contributed by atoms with Gasteiger partial charge in [-0.05, 0) is 74.5 Å². The lowest BCUT2D eigenvalue weighted by atomic mass is 9.71. The van der Waals surface area contributed by atoms with Crippen molar-refractivity contribution in [2.24, 2.45) is 5.92 Å². The highest BCUT2D eigenvalue weighted by atomic mass is 35.5. The summed E-state index contributed by atoms with van der Waals surface area (Å²) in [6.07, 6.45) is 8.46. The van der Waals surface area contributed by atoms with Crippen LogP contribution in [0.1, 0.15) is 84.5 Å². The Morgan fingerprint density at radius 2 is 1.83 bits per heavy atom. The number of benzene rings is 2. The van der Waals surface area contributed by atoms with Gasteiger partial charge in [-0.1, -0.05) is 56.0 Å². The van der Waals surface area contributed by atoms with Gasteiger partial charge in [0.25, 0.3) is 0 Å². The molecule has 3 aromatic rings. The van der Waals surface area contributed by atoms with E-state index in [0.29, 0.717) is 24.1 Å². The van der Waals surface area contributed by atoms with Gasteiger partial charge in [0.1, 0.15) is 17.9 Å². The summed E-state index contributed by atoms with van der Waals surface area (Å²) in [5.41, 5.74) is 0.350. The first kappa shape index (κ1) is 32.8. The number of hydrogen-bond donors (Lipinski definition) is 2. The highest BCUT2D eigenvalue weighted by molar-refractivity contribution is 6.30. The molecule has 0 bridgehead atoms. The third-order valence-corrected chi connectivity index (χ3v) is 7.83. The molecule has 1 saturated carbocycles. The van der Waals surface area contributed by atoms with E-state index in [1.807, 2.05) is 44.2 Å². The van der Waals surface area contributed by atoms with Gasteiger partial charge in [-0.2, -0.15) is 0 Å². The monoisotopic (exact) mass is 585 g/mol. The molecule has 1 heterocycles. The number of ether oxygens (including phenoxy) is 1. The van der Waals surface area contributed by atoms with Gasteiger partial charge in [-0.25, -0.2) is 14.4 Å². The summed E-state index contributed by atoms with van der Waals surface area (Å²) in [5.74, 6) is -0.0752. The Hall–Kier alpha value is -2.75. The number of aliphatic hydroxyl groups excluding tert-OH is 1. The maximum absolute atomic E-state index is 15.7. The number of hydrogen-bond acceptors (Lipinski definition) is 7. The van der Waals surface area contributed by atoms with Gasteiger partial charge in [-0.3, -0.25) is 9.69 Å². The molecule has 0 saturated heterocycles. The molecule has 1 unspecified atom stereocenters. The molecule has 0 radical (unpaired) electrons. The fraction of sp³-hybridized carbons (Fsp3) is 0.469. The van der Waals surface area contributed by atoms with Crippen LogP contribution in [-0.2, 0) is 16.9 Å². The molecule has 2 N–H and O–H groups in total. The summed E-state index contributed by atoms with van der Waals surface area (Å²) < 4.78 is 21.5. The molecule has 7 nitrogen and oxygen atoms in total. The van der Waals surface area contributed by atoms with Gasteiger partial charge in [-0.15, -0.1) is 0 Å². The Morgan fingerprint density at radius 3 is 2.37 bits per heavy atom. The molecule has 2 atom stereocenters. The molecule has 41 heavy (non-hydrogen) atoms. The summed E-state index contributed by atoms with van der Waals surface area (Å²) in [5, 5.41) is 21.7. The minimum atomic E-state index is -1.19. The van der Waals surface area contributed by atoms with E-state index < -0.39 is 17.6 Å². The van der Waals surface area contributed by atoms with Crippen LogP contribution in [0.2, 0.25) is 5.02 Å². The van der Waals surface area contributed by atoms with E-state index in [-0.39, 0.29) is 36.8 Å². The molecule has 1 aliphatic rings. The summed E-state index contributed by atoms with van der Waals surface area (Å²) in [7, 11) is 1.72. The van der Waals surface area contributed by atoms with Gasteiger partial charge < -0.3 is 14.9 Å². The number of aldehydes is 1. The first-order valence-corrected chi connectivity index (χ1v) is 14.5. The van der Waals surface area contributed by atoms with E-state index >= 15 is 4.39 Å². The number of carbonyl (C=O) groups excluding carboxylic acids is 1. The van der Waals surface area contributed by atoms with Gasteiger partial charge >= 0.3 is 0 Å². The number of aryl methyl sites for hydroxylation is 1. The zero-order valence-electron chi connectivity index (χ0n) is 24.1. The van der Waals surface area contributed by atoms with Crippen LogP contribution in [0.4, 0.5) is 4.39 Å². The van der Waals surface area contributed by atoms with Crippen LogP contribution in [0.15, 0.2) is 54.9 Å². The second-order valence-electron chi connectivity index (χ2n) is 10.5. The standard InChI is InChI=1S/C26H36FN3O4.C6H5Cl/c1-4-26(33,20-8-6-5-7-9-20)21-12-19(17-32)24(22(27)13-21)25(34-11-10-31)30(3)16-23-28-14-18(2)15-29-23;7-6-4-2-1-3-5-6/h12-15,17,20,25,31,33H,4-11,16H2,1-3H3;1-5H/t25-,26?;/m1./s1. The van der Waals surface area contributed by atoms with Crippen molar-refractivity contribution in [2.45, 2.75) is 70.7 Å². The average molecular weight is 586 g/mol. The predicted octanol–water partition coefficient (Wildman–Crippen LogP) is 6.39. The third-order valence-electron chi connectivity index (χ3n) is 7.58. The lowest BCUT2D eigenvalue weighted by molar-refractivity contribution is -0.0680. The molecule has 0 amide bonds.